The molecule has 4 nitrogen and oxygen atoms in total. The number of aryl methyl sites for hydroxylation is 1. The summed E-state index contributed by atoms with van der Waals surface area (Å²) in [6.07, 6.45) is 8.20. The first-order chi connectivity index (χ1) is 16.2. The maximum atomic E-state index is 13.5. The van der Waals surface area contributed by atoms with Crippen LogP contribution < -0.4 is 10.1 Å². The van der Waals surface area contributed by atoms with E-state index >= 15 is 0 Å². The lowest BCUT2D eigenvalue weighted by Gasteiger charge is -2.46. The fourth-order valence-corrected chi connectivity index (χ4v) is 5.96. The molecule has 0 aromatic heterocycles. The molecule has 0 fully saturated rings. The standard InChI is InChI=1S/C29H36BrNO3/c1-5-6-7-10-19-16-24-26(21-15-18(2)13-14-22(21)29(3,4)34-24)27(32)25(19)28(33)31-17-20-11-8-9-12-23(20)30/h8-9,11-12,15-16,21-22,32H,5-7,10,13-14,17H2,1-4H3,(H,31,33)/t21-,22-/m1/s1. The summed E-state index contributed by atoms with van der Waals surface area (Å²) in [5, 5.41) is 14.7. The molecule has 34 heavy (non-hydrogen) atoms. The Kier molecular flexibility index (Phi) is 7.42. The molecule has 0 unspecified atom stereocenters. The number of rotatable bonds is 7. The van der Waals surface area contributed by atoms with E-state index in [0.717, 1.165) is 65.4 Å². The van der Waals surface area contributed by atoms with Gasteiger partial charge in [-0.3, -0.25) is 4.79 Å². The number of benzene rings is 2. The highest BCUT2D eigenvalue weighted by Crippen LogP contribution is 2.54. The molecule has 4 rings (SSSR count). The van der Waals surface area contributed by atoms with Crippen molar-refractivity contribution in [1.29, 1.82) is 0 Å². The molecular formula is C29H36BrNO3. The molecule has 1 amide bonds. The lowest BCUT2D eigenvalue weighted by atomic mass is 9.67. The minimum absolute atomic E-state index is 0.0482. The van der Waals surface area contributed by atoms with Crippen LogP contribution >= 0.6 is 15.9 Å². The number of aromatic hydroxyl groups is 1. The van der Waals surface area contributed by atoms with E-state index in [9.17, 15) is 9.90 Å². The molecule has 2 atom stereocenters. The Morgan fingerprint density at radius 1 is 1.24 bits per heavy atom. The Labute approximate surface area is 211 Å². The summed E-state index contributed by atoms with van der Waals surface area (Å²) in [6, 6.07) is 9.87. The summed E-state index contributed by atoms with van der Waals surface area (Å²) in [6.45, 7) is 9.00. The summed E-state index contributed by atoms with van der Waals surface area (Å²) in [7, 11) is 0. The van der Waals surface area contributed by atoms with Gasteiger partial charge in [0.25, 0.3) is 5.91 Å². The number of hydrogen-bond acceptors (Lipinski definition) is 3. The van der Waals surface area contributed by atoms with Gasteiger partial charge in [-0.15, -0.1) is 0 Å². The van der Waals surface area contributed by atoms with Gasteiger partial charge in [-0.2, -0.15) is 0 Å². The molecule has 182 valence electrons. The predicted octanol–water partition coefficient (Wildman–Crippen LogP) is 7.43. The van der Waals surface area contributed by atoms with E-state index in [4.69, 9.17) is 4.74 Å². The Hall–Kier alpha value is -2.27. The van der Waals surface area contributed by atoms with Gasteiger partial charge in [0.1, 0.15) is 17.1 Å². The summed E-state index contributed by atoms with van der Waals surface area (Å²) in [4.78, 5) is 13.5. The van der Waals surface area contributed by atoms with Crippen LogP contribution in [0.15, 0.2) is 46.5 Å². The predicted molar refractivity (Wildman–Crippen MR) is 141 cm³/mol. The molecule has 1 aliphatic carbocycles. The van der Waals surface area contributed by atoms with Crippen LogP contribution in [-0.2, 0) is 13.0 Å². The van der Waals surface area contributed by atoms with Crippen molar-refractivity contribution in [1.82, 2.24) is 5.32 Å². The maximum Gasteiger partial charge on any atom is 0.255 e. The zero-order valence-corrected chi connectivity index (χ0v) is 22.3. The Balaban J connectivity index is 1.75. The molecule has 0 bridgehead atoms. The fourth-order valence-electron chi connectivity index (χ4n) is 5.53. The highest BCUT2D eigenvalue weighted by molar-refractivity contribution is 9.10. The van der Waals surface area contributed by atoms with Gasteiger partial charge < -0.3 is 15.2 Å². The second kappa shape index (κ2) is 10.2. The van der Waals surface area contributed by atoms with Crippen LogP contribution in [0.4, 0.5) is 0 Å². The van der Waals surface area contributed by atoms with E-state index in [1.807, 2.05) is 30.3 Å². The van der Waals surface area contributed by atoms with Crippen LogP contribution in [0.1, 0.15) is 92.8 Å². The largest absolute Gasteiger partial charge is 0.507 e. The third-order valence-corrected chi connectivity index (χ3v) is 8.18. The van der Waals surface area contributed by atoms with Gasteiger partial charge in [0.15, 0.2) is 0 Å². The average molecular weight is 527 g/mol. The van der Waals surface area contributed by atoms with Crippen molar-refractivity contribution in [2.24, 2.45) is 5.92 Å². The van der Waals surface area contributed by atoms with E-state index in [2.05, 4.69) is 55.0 Å². The summed E-state index contributed by atoms with van der Waals surface area (Å²) >= 11 is 3.55. The molecule has 2 N–H and O–H groups in total. The molecule has 0 saturated carbocycles. The normalized spacial score (nSPS) is 20.6. The minimum atomic E-state index is -0.328. The number of phenolic OH excluding ortho intramolecular Hbond substituents is 1. The minimum Gasteiger partial charge on any atom is -0.507 e. The van der Waals surface area contributed by atoms with Gasteiger partial charge in [-0.25, -0.2) is 0 Å². The van der Waals surface area contributed by atoms with Crippen molar-refractivity contribution in [3.63, 3.8) is 0 Å². The number of halogens is 1. The molecule has 0 saturated heterocycles. The Morgan fingerprint density at radius 3 is 2.74 bits per heavy atom. The number of hydrogen-bond donors (Lipinski definition) is 2. The van der Waals surface area contributed by atoms with Crippen LogP contribution in [-0.4, -0.2) is 16.6 Å². The monoisotopic (exact) mass is 525 g/mol. The van der Waals surface area contributed by atoms with Crippen molar-refractivity contribution in [2.75, 3.05) is 0 Å². The molecule has 0 radical (unpaired) electrons. The molecule has 2 aromatic carbocycles. The lowest BCUT2D eigenvalue weighted by molar-refractivity contribution is 0.0107. The molecule has 5 heteroatoms. The van der Waals surface area contributed by atoms with Crippen LogP contribution in [0.3, 0.4) is 0 Å². The molecule has 2 aliphatic rings. The van der Waals surface area contributed by atoms with E-state index in [1.165, 1.54) is 5.57 Å². The first-order valence-electron chi connectivity index (χ1n) is 12.5. The van der Waals surface area contributed by atoms with Crippen LogP contribution in [0.5, 0.6) is 11.5 Å². The van der Waals surface area contributed by atoms with Gasteiger partial charge in [-0.05, 0) is 69.7 Å². The van der Waals surface area contributed by atoms with Crippen molar-refractivity contribution in [3.05, 3.63) is 68.7 Å². The smallest absolute Gasteiger partial charge is 0.255 e. The van der Waals surface area contributed by atoms with E-state index in [-0.39, 0.29) is 29.1 Å². The first-order valence-corrected chi connectivity index (χ1v) is 13.3. The molecular weight excluding hydrogens is 490 g/mol. The number of unbranched alkanes of at least 4 members (excludes halogenated alkanes) is 2. The van der Waals surface area contributed by atoms with Gasteiger partial charge in [-0.1, -0.05) is 65.5 Å². The quantitative estimate of drug-likeness (QED) is 0.291. The van der Waals surface area contributed by atoms with Crippen LogP contribution in [0.2, 0.25) is 0 Å². The highest BCUT2D eigenvalue weighted by atomic mass is 79.9. The number of carbonyl (C=O) groups is 1. The van der Waals surface area contributed by atoms with E-state index in [1.54, 1.807) is 0 Å². The molecule has 2 aromatic rings. The van der Waals surface area contributed by atoms with Gasteiger partial charge in [0.2, 0.25) is 0 Å². The number of ether oxygens (including phenoxy) is 1. The Morgan fingerprint density at radius 2 is 2.00 bits per heavy atom. The van der Waals surface area contributed by atoms with Gasteiger partial charge in [0.05, 0.1) is 5.56 Å². The van der Waals surface area contributed by atoms with Crippen LogP contribution in [0.25, 0.3) is 0 Å². The van der Waals surface area contributed by atoms with Crippen molar-refractivity contribution in [3.8, 4) is 11.5 Å². The maximum absolute atomic E-state index is 13.5. The van der Waals surface area contributed by atoms with Crippen LogP contribution in [0, 0.1) is 5.92 Å². The second-order valence-corrected chi connectivity index (χ2v) is 11.1. The number of carbonyl (C=O) groups excluding carboxylic acids is 1. The van der Waals surface area contributed by atoms with Gasteiger partial charge >= 0.3 is 0 Å². The molecule has 1 aliphatic heterocycles. The SMILES string of the molecule is CCCCCc1cc2c(c(O)c1C(=O)NCc1ccccc1Br)[C@@H]1C=C(C)CC[C@H]1C(C)(C)O2. The number of fused-ring (bicyclic) bond motifs is 3. The third-order valence-electron chi connectivity index (χ3n) is 7.40. The number of amides is 1. The lowest BCUT2D eigenvalue weighted by Crippen LogP contribution is -2.45. The zero-order chi connectivity index (χ0) is 24.5. The van der Waals surface area contributed by atoms with Crippen molar-refractivity contribution < 1.29 is 14.6 Å². The van der Waals surface area contributed by atoms with E-state index in [0.29, 0.717) is 12.1 Å². The molecule has 0 spiro atoms. The number of nitrogens with one attached hydrogen (secondary N) is 1. The summed E-state index contributed by atoms with van der Waals surface area (Å²) in [5.41, 5.74) is 4.04. The first kappa shape index (κ1) is 24.8. The summed E-state index contributed by atoms with van der Waals surface area (Å²) in [5.74, 6) is 0.887. The Bertz CT molecular complexity index is 1100. The number of phenols is 1. The second-order valence-electron chi connectivity index (χ2n) is 10.3. The number of allylic oxidation sites excluding steroid dienone is 2. The molecule has 1 heterocycles. The van der Waals surface area contributed by atoms with E-state index < -0.39 is 0 Å². The fraction of sp³-hybridized carbons (Fsp3) is 0.483. The topological polar surface area (TPSA) is 58.6 Å². The summed E-state index contributed by atoms with van der Waals surface area (Å²) < 4.78 is 7.46. The van der Waals surface area contributed by atoms with Crippen molar-refractivity contribution in [2.45, 2.75) is 84.3 Å². The third kappa shape index (κ3) is 4.91. The highest BCUT2D eigenvalue weighted by Gasteiger charge is 2.46. The zero-order valence-electron chi connectivity index (χ0n) is 20.7. The average Bonchev–Trinajstić information content (AvgIpc) is 2.77. The van der Waals surface area contributed by atoms with Gasteiger partial charge in [0, 0.05) is 28.4 Å². The van der Waals surface area contributed by atoms with Crippen molar-refractivity contribution >= 4 is 21.8 Å².